The molecule has 0 aromatic heterocycles. The Bertz CT molecular complexity index is 700. The van der Waals surface area contributed by atoms with E-state index in [0.29, 0.717) is 12.2 Å². The van der Waals surface area contributed by atoms with Crippen molar-refractivity contribution in [2.24, 2.45) is 0 Å². The summed E-state index contributed by atoms with van der Waals surface area (Å²) in [6.45, 7) is 0.511. The number of hydrogen-bond donors (Lipinski definition) is 1. The van der Waals surface area contributed by atoms with E-state index < -0.39 is 11.6 Å². The molecule has 0 unspecified atom stereocenters. The standard InChI is InChI=1S/C15H12F2N2O/c16-12-4-2-10(7-13(12)17)15(20)19-6-5-9-1-3-11(18)8-14(9)19/h1-4,7-8H,5-6,18H2. The first-order valence-electron chi connectivity index (χ1n) is 6.21. The van der Waals surface area contributed by atoms with Crippen molar-refractivity contribution in [2.45, 2.75) is 6.42 Å². The Hall–Kier alpha value is -2.43. The van der Waals surface area contributed by atoms with Crippen molar-refractivity contribution in [1.29, 1.82) is 0 Å². The van der Waals surface area contributed by atoms with Crippen LogP contribution in [0.1, 0.15) is 15.9 Å². The van der Waals surface area contributed by atoms with Gasteiger partial charge >= 0.3 is 0 Å². The number of benzene rings is 2. The van der Waals surface area contributed by atoms with E-state index in [-0.39, 0.29) is 11.5 Å². The predicted molar refractivity (Wildman–Crippen MR) is 72.6 cm³/mol. The van der Waals surface area contributed by atoms with Gasteiger partial charge in [0.15, 0.2) is 11.6 Å². The van der Waals surface area contributed by atoms with Crippen molar-refractivity contribution in [3.8, 4) is 0 Å². The van der Waals surface area contributed by atoms with Gasteiger partial charge in [-0.15, -0.1) is 0 Å². The molecular formula is C15H12F2N2O. The number of nitrogens with two attached hydrogens (primary N) is 1. The van der Waals surface area contributed by atoms with Crippen LogP contribution in [0, 0.1) is 11.6 Å². The monoisotopic (exact) mass is 274 g/mol. The van der Waals surface area contributed by atoms with Crippen LogP contribution in [-0.2, 0) is 6.42 Å². The molecule has 3 nitrogen and oxygen atoms in total. The fraction of sp³-hybridized carbons (Fsp3) is 0.133. The number of anilines is 2. The second kappa shape index (κ2) is 4.59. The fourth-order valence-corrected chi connectivity index (χ4v) is 2.39. The lowest BCUT2D eigenvalue weighted by Crippen LogP contribution is -2.29. The molecule has 102 valence electrons. The van der Waals surface area contributed by atoms with Crippen LogP contribution in [0.4, 0.5) is 20.2 Å². The summed E-state index contributed by atoms with van der Waals surface area (Å²) in [6, 6.07) is 8.54. The van der Waals surface area contributed by atoms with Gasteiger partial charge in [-0.3, -0.25) is 4.79 Å². The maximum absolute atomic E-state index is 13.2. The Morgan fingerprint density at radius 3 is 2.65 bits per heavy atom. The van der Waals surface area contributed by atoms with E-state index in [0.717, 1.165) is 29.8 Å². The Balaban J connectivity index is 1.97. The molecule has 1 aliphatic rings. The van der Waals surface area contributed by atoms with E-state index in [9.17, 15) is 13.6 Å². The molecule has 1 aliphatic heterocycles. The highest BCUT2D eigenvalue weighted by atomic mass is 19.2. The predicted octanol–water partition coefficient (Wildman–Crippen LogP) is 2.75. The lowest BCUT2D eigenvalue weighted by Gasteiger charge is -2.17. The zero-order valence-corrected chi connectivity index (χ0v) is 10.6. The molecule has 0 spiro atoms. The van der Waals surface area contributed by atoms with Gasteiger partial charge in [-0.05, 0) is 42.3 Å². The Labute approximate surface area is 114 Å². The third kappa shape index (κ3) is 2.01. The molecule has 3 rings (SSSR count). The second-order valence-electron chi connectivity index (χ2n) is 4.72. The lowest BCUT2D eigenvalue weighted by atomic mass is 10.1. The molecule has 0 saturated carbocycles. The van der Waals surface area contributed by atoms with Crippen molar-refractivity contribution in [3.05, 3.63) is 59.2 Å². The van der Waals surface area contributed by atoms with Crippen molar-refractivity contribution in [1.82, 2.24) is 0 Å². The maximum atomic E-state index is 13.2. The minimum absolute atomic E-state index is 0.124. The van der Waals surface area contributed by atoms with Crippen LogP contribution < -0.4 is 10.6 Å². The molecule has 0 bridgehead atoms. The van der Waals surface area contributed by atoms with Gasteiger partial charge in [-0.25, -0.2) is 8.78 Å². The van der Waals surface area contributed by atoms with E-state index in [4.69, 9.17) is 5.73 Å². The number of carbonyl (C=O) groups excluding carboxylic acids is 1. The van der Waals surface area contributed by atoms with Gasteiger partial charge in [0, 0.05) is 23.5 Å². The zero-order valence-electron chi connectivity index (χ0n) is 10.6. The molecular weight excluding hydrogens is 262 g/mol. The Morgan fingerprint density at radius 1 is 1.10 bits per heavy atom. The number of hydrogen-bond acceptors (Lipinski definition) is 2. The van der Waals surface area contributed by atoms with Gasteiger partial charge in [0.05, 0.1) is 0 Å². The van der Waals surface area contributed by atoms with E-state index in [2.05, 4.69) is 0 Å². The van der Waals surface area contributed by atoms with Crippen molar-refractivity contribution in [3.63, 3.8) is 0 Å². The smallest absolute Gasteiger partial charge is 0.258 e. The molecule has 5 heteroatoms. The normalized spacial score (nSPS) is 13.4. The van der Waals surface area contributed by atoms with Crippen LogP contribution in [0.5, 0.6) is 0 Å². The minimum atomic E-state index is -1.03. The van der Waals surface area contributed by atoms with Gasteiger partial charge in [0.2, 0.25) is 0 Å². The number of fused-ring (bicyclic) bond motifs is 1. The topological polar surface area (TPSA) is 46.3 Å². The zero-order chi connectivity index (χ0) is 14.3. The molecule has 20 heavy (non-hydrogen) atoms. The third-order valence-corrected chi connectivity index (χ3v) is 3.42. The SMILES string of the molecule is Nc1ccc2c(c1)N(C(=O)c1ccc(F)c(F)c1)CC2. The first-order valence-corrected chi connectivity index (χ1v) is 6.21. The first kappa shape index (κ1) is 12.6. The largest absolute Gasteiger partial charge is 0.399 e. The number of halogens is 2. The van der Waals surface area contributed by atoms with E-state index in [1.54, 1.807) is 17.0 Å². The summed E-state index contributed by atoms with van der Waals surface area (Å²) in [6.07, 6.45) is 0.727. The van der Waals surface area contributed by atoms with Gasteiger partial charge in [0.25, 0.3) is 5.91 Å². The van der Waals surface area contributed by atoms with Crippen molar-refractivity contribution < 1.29 is 13.6 Å². The van der Waals surface area contributed by atoms with Crippen molar-refractivity contribution in [2.75, 3.05) is 17.2 Å². The number of nitrogens with zero attached hydrogens (tertiary/aromatic N) is 1. The number of nitrogen functional groups attached to an aromatic ring is 1. The summed E-state index contributed by atoms with van der Waals surface area (Å²) in [7, 11) is 0. The summed E-state index contributed by atoms with van der Waals surface area (Å²) in [5.41, 5.74) is 8.18. The molecule has 0 aliphatic carbocycles. The van der Waals surface area contributed by atoms with Crippen molar-refractivity contribution >= 4 is 17.3 Å². The number of carbonyl (C=O) groups is 1. The molecule has 2 aromatic rings. The first-order chi connectivity index (χ1) is 9.56. The molecule has 0 fully saturated rings. The highest BCUT2D eigenvalue weighted by molar-refractivity contribution is 6.07. The van der Waals surface area contributed by atoms with Gasteiger partial charge in [-0.2, -0.15) is 0 Å². The summed E-state index contributed by atoms with van der Waals surface area (Å²) in [4.78, 5) is 13.9. The Morgan fingerprint density at radius 2 is 1.90 bits per heavy atom. The summed E-state index contributed by atoms with van der Waals surface area (Å²) < 4.78 is 26.1. The Kier molecular flexibility index (Phi) is 2.89. The summed E-state index contributed by atoms with van der Waals surface area (Å²) in [5, 5.41) is 0. The van der Waals surface area contributed by atoms with Crippen LogP contribution >= 0.6 is 0 Å². The van der Waals surface area contributed by atoms with Crippen LogP contribution in [0.25, 0.3) is 0 Å². The summed E-state index contributed by atoms with van der Waals surface area (Å²) >= 11 is 0. The average molecular weight is 274 g/mol. The third-order valence-electron chi connectivity index (χ3n) is 3.42. The lowest BCUT2D eigenvalue weighted by molar-refractivity contribution is 0.0989. The van der Waals surface area contributed by atoms with Crippen LogP contribution in [-0.4, -0.2) is 12.5 Å². The van der Waals surface area contributed by atoms with Gasteiger partial charge in [-0.1, -0.05) is 6.07 Å². The molecule has 2 N–H and O–H groups in total. The highest BCUT2D eigenvalue weighted by Crippen LogP contribution is 2.31. The summed E-state index contributed by atoms with van der Waals surface area (Å²) in [5.74, 6) is -2.34. The highest BCUT2D eigenvalue weighted by Gasteiger charge is 2.26. The second-order valence-corrected chi connectivity index (χ2v) is 4.72. The van der Waals surface area contributed by atoms with Crippen LogP contribution in [0.3, 0.4) is 0 Å². The van der Waals surface area contributed by atoms with Crippen LogP contribution in [0.2, 0.25) is 0 Å². The van der Waals surface area contributed by atoms with E-state index in [1.807, 2.05) is 6.07 Å². The van der Waals surface area contributed by atoms with Crippen LogP contribution in [0.15, 0.2) is 36.4 Å². The molecule has 1 heterocycles. The molecule has 0 atom stereocenters. The molecule has 0 saturated heterocycles. The molecule has 0 radical (unpaired) electrons. The van der Waals surface area contributed by atoms with E-state index >= 15 is 0 Å². The minimum Gasteiger partial charge on any atom is -0.399 e. The maximum Gasteiger partial charge on any atom is 0.258 e. The number of rotatable bonds is 1. The quantitative estimate of drug-likeness (QED) is 0.813. The van der Waals surface area contributed by atoms with E-state index in [1.165, 1.54) is 6.07 Å². The average Bonchev–Trinajstić information content (AvgIpc) is 2.84. The van der Waals surface area contributed by atoms with Gasteiger partial charge in [0.1, 0.15) is 0 Å². The van der Waals surface area contributed by atoms with Gasteiger partial charge < -0.3 is 10.6 Å². The fourth-order valence-electron chi connectivity index (χ4n) is 2.39. The number of amides is 1. The molecule has 1 amide bonds. The molecule has 2 aromatic carbocycles.